The number of ether oxygens (including phenoxy) is 2. The number of rotatable bonds is 6. The molecule has 0 atom stereocenters. The smallest absolute Gasteiger partial charge is 0.324 e. The SMILES string of the molecule is CCOC(=O)C(CSC(C)(C)C)(C(=O)OCC)C(C)(C)C. The largest absolute Gasteiger partial charge is 0.465 e. The van der Waals surface area contributed by atoms with E-state index in [4.69, 9.17) is 9.47 Å². The van der Waals surface area contributed by atoms with Crippen LogP contribution in [0.1, 0.15) is 55.4 Å². The Bertz CT molecular complexity index is 345. The van der Waals surface area contributed by atoms with Crippen LogP contribution in [0.15, 0.2) is 0 Å². The van der Waals surface area contributed by atoms with Crippen molar-refractivity contribution in [1.29, 1.82) is 0 Å². The quantitative estimate of drug-likeness (QED) is 0.552. The summed E-state index contributed by atoms with van der Waals surface area (Å²) in [4.78, 5) is 25.2. The van der Waals surface area contributed by atoms with E-state index in [1.54, 1.807) is 25.6 Å². The lowest BCUT2D eigenvalue weighted by Gasteiger charge is -2.40. The van der Waals surface area contributed by atoms with Crippen LogP contribution in [0.3, 0.4) is 0 Å². The summed E-state index contributed by atoms with van der Waals surface area (Å²) in [6, 6.07) is 0. The summed E-state index contributed by atoms with van der Waals surface area (Å²) in [7, 11) is 0. The molecule has 0 aromatic rings. The van der Waals surface area contributed by atoms with Gasteiger partial charge in [-0.1, -0.05) is 41.5 Å². The third-order valence-corrected chi connectivity index (χ3v) is 4.69. The molecule has 0 fully saturated rings. The van der Waals surface area contributed by atoms with Crippen molar-refractivity contribution in [1.82, 2.24) is 0 Å². The van der Waals surface area contributed by atoms with Gasteiger partial charge in [-0.15, -0.1) is 0 Å². The molecule has 0 saturated carbocycles. The van der Waals surface area contributed by atoms with E-state index >= 15 is 0 Å². The van der Waals surface area contributed by atoms with E-state index in [9.17, 15) is 9.59 Å². The van der Waals surface area contributed by atoms with Crippen LogP contribution in [0.4, 0.5) is 0 Å². The minimum absolute atomic E-state index is 0.0600. The second kappa shape index (κ2) is 7.52. The molecule has 0 bridgehead atoms. The van der Waals surface area contributed by atoms with Crippen LogP contribution in [-0.2, 0) is 19.1 Å². The highest BCUT2D eigenvalue weighted by Crippen LogP contribution is 2.45. The molecule has 0 heterocycles. The number of hydrogen-bond donors (Lipinski definition) is 0. The van der Waals surface area contributed by atoms with E-state index in [1.807, 2.05) is 20.8 Å². The van der Waals surface area contributed by atoms with Gasteiger partial charge in [-0.25, -0.2) is 0 Å². The predicted octanol–water partition coefficient (Wildman–Crippen LogP) is 3.68. The first-order valence-corrected chi connectivity index (χ1v) is 8.39. The van der Waals surface area contributed by atoms with Gasteiger partial charge in [0, 0.05) is 10.5 Å². The van der Waals surface area contributed by atoms with E-state index in [2.05, 4.69) is 20.8 Å². The number of carbonyl (C=O) groups is 2. The van der Waals surface area contributed by atoms with E-state index in [0.717, 1.165) is 0 Å². The maximum absolute atomic E-state index is 12.6. The van der Waals surface area contributed by atoms with E-state index in [-0.39, 0.29) is 18.0 Å². The number of hydrogen-bond acceptors (Lipinski definition) is 5. The van der Waals surface area contributed by atoms with Gasteiger partial charge < -0.3 is 9.47 Å². The zero-order valence-electron chi connectivity index (χ0n) is 14.7. The summed E-state index contributed by atoms with van der Waals surface area (Å²) in [5, 5.41) is 0. The summed E-state index contributed by atoms with van der Waals surface area (Å²) in [5.41, 5.74) is -1.89. The molecule has 0 spiro atoms. The van der Waals surface area contributed by atoms with Crippen molar-refractivity contribution in [2.45, 2.75) is 60.1 Å². The highest BCUT2D eigenvalue weighted by Gasteiger charge is 2.57. The van der Waals surface area contributed by atoms with Gasteiger partial charge in [0.2, 0.25) is 0 Å². The molecule has 0 N–H and O–H groups in total. The van der Waals surface area contributed by atoms with Crippen molar-refractivity contribution in [2.75, 3.05) is 19.0 Å². The van der Waals surface area contributed by atoms with Crippen LogP contribution in [0.25, 0.3) is 0 Å². The monoisotopic (exact) mass is 318 g/mol. The zero-order valence-corrected chi connectivity index (χ0v) is 15.5. The van der Waals surface area contributed by atoms with Crippen LogP contribution in [0.2, 0.25) is 0 Å². The van der Waals surface area contributed by atoms with Gasteiger partial charge in [0.15, 0.2) is 5.41 Å². The molecule has 0 amide bonds. The molecule has 0 aliphatic heterocycles. The molecule has 0 unspecified atom stereocenters. The average molecular weight is 318 g/mol. The fourth-order valence-corrected chi connectivity index (χ4v) is 3.18. The van der Waals surface area contributed by atoms with Gasteiger partial charge in [0.25, 0.3) is 0 Å². The second-order valence-corrected chi connectivity index (χ2v) is 8.80. The number of thioether (sulfide) groups is 1. The molecule has 0 radical (unpaired) electrons. The molecule has 0 aromatic carbocycles. The lowest BCUT2D eigenvalue weighted by Crippen LogP contribution is -2.53. The van der Waals surface area contributed by atoms with Crippen LogP contribution in [0.5, 0.6) is 0 Å². The normalized spacial score (nSPS) is 13.0. The van der Waals surface area contributed by atoms with E-state index < -0.39 is 22.8 Å². The zero-order chi connectivity index (χ0) is 16.9. The molecule has 5 heteroatoms. The topological polar surface area (TPSA) is 52.6 Å². The third kappa shape index (κ3) is 5.20. The lowest BCUT2D eigenvalue weighted by atomic mass is 9.67. The first-order chi connectivity index (χ1) is 9.42. The Morgan fingerprint density at radius 3 is 1.48 bits per heavy atom. The van der Waals surface area contributed by atoms with Crippen LogP contribution in [0, 0.1) is 10.8 Å². The first kappa shape index (κ1) is 20.3. The molecule has 124 valence electrons. The Morgan fingerprint density at radius 2 is 1.24 bits per heavy atom. The number of esters is 2. The summed E-state index contributed by atoms with van der Waals surface area (Å²) in [6.45, 7) is 15.8. The Morgan fingerprint density at radius 1 is 0.857 bits per heavy atom. The fourth-order valence-electron chi connectivity index (χ4n) is 1.86. The second-order valence-electron chi connectivity index (χ2n) is 7.00. The standard InChI is InChI=1S/C16H30O4S/c1-9-19-12(17)16(14(3,4)5,13(18)20-10-2)11-21-15(6,7)8/h9-11H2,1-8H3. The maximum atomic E-state index is 12.6. The minimum Gasteiger partial charge on any atom is -0.465 e. The molecule has 0 aliphatic rings. The van der Waals surface area contributed by atoms with Crippen LogP contribution >= 0.6 is 11.8 Å². The third-order valence-electron chi connectivity index (χ3n) is 3.25. The Hall–Kier alpha value is -0.710. The van der Waals surface area contributed by atoms with Gasteiger partial charge in [-0.3, -0.25) is 9.59 Å². The van der Waals surface area contributed by atoms with Crippen molar-refractivity contribution >= 4 is 23.7 Å². The maximum Gasteiger partial charge on any atom is 0.324 e. The van der Waals surface area contributed by atoms with Crippen molar-refractivity contribution in [2.24, 2.45) is 10.8 Å². The summed E-state index contributed by atoms with van der Waals surface area (Å²) in [6.07, 6.45) is 0. The average Bonchev–Trinajstić information content (AvgIpc) is 2.26. The first-order valence-electron chi connectivity index (χ1n) is 7.40. The lowest BCUT2D eigenvalue weighted by molar-refractivity contribution is -0.178. The summed E-state index contributed by atoms with van der Waals surface area (Å²) >= 11 is 1.57. The van der Waals surface area contributed by atoms with Crippen molar-refractivity contribution < 1.29 is 19.1 Å². The van der Waals surface area contributed by atoms with Crippen molar-refractivity contribution in [3.8, 4) is 0 Å². The van der Waals surface area contributed by atoms with Crippen molar-refractivity contribution in [3.63, 3.8) is 0 Å². The molecular formula is C16H30O4S. The molecule has 21 heavy (non-hydrogen) atoms. The molecule has 0 aromatic heterocycles. The van der Waals surface area contributed by atoms with Gasteiger partial charge >= 0.3 is 11.9 Å². The molecule has 0 aliphatic carbocycles. The molecule has 0 saturated heterocycles. The molecule has 4 nitrogen and oxygen atoms in total. The molecular weight excluding hydrogens is 288 g/mol. The predicted molar refractivity (Wildman–Crippen MR) is 87.4 cm³/mol. The Labute approximate surface area is 133 Å². The van der Waals surface area contributed by atoms with Crippen LogP contribution < -0.4 is 0 Å². The number of carbonyl (C=O) groups excluding carboxylic acids is 2. The van der Waals surface area contributed by atoms with Gasteiger partial charge in [-0.2, -0.15) is 11.8 Å². The van der Waals surface area contributed by atoms with E-state index in [1.165, 1.54) is 0 Å². The highest BCUT2D eigenvalue weighted by molar-refractivity contribution is 8.00. The van der Waals surface area contributed by atoms with Crippen molar-refractivity contribution in [3.05, 3.63) is 0 Å². The molecule has 0 rings (SSSR count). The summed E-state index contributed by atoms with van der Waals surface area (Å²) < 4.78 is 10.4. The highest BCUT2D eigenvalue weighted by atomic mass is 32.2. The van der Waals surface area contributed by atoms with Gasteiger partial charge in [0.05, 0.1) is 13.2 Å². The minimum atomic E-state index is -1.29. The fraction of sp³-hybridized carbons (Fsp3) is 0.875. The van der Waals surface area contributed by atoms with Gasteiger partial charge in [0.1, 0.15) is 0 Å². The Balaban J connectivity index is 5.74. The van der Waals surface area contributed by atoms with Gasteiger partial charge in [-0.05, 0) is 19.3 Å². The van der Waals surface area contributed by atoms with E-state index in [0.29, 0.717) is 5.75 Å². The summed E-state index contributed by atoms with van der Waals surface area (Å²) in [5.74, 6) is -0.641. The van der Waals surface area contributed by atoms with Crippen LogP contribution in [-0.4, -0.2) is 35.7 Å². The Kier molecular flexibility index (Phi) is 7.27.